The number of benzene rings is 1. The molecule has 19 heavy (non-hydrogen) atoms. The van der Waals surface area contributed by atoms with E-state index in [9.17, 15) is 4.79 Å². The van der Waals surface area contributed by atoms with Crippen molar-refractivity contribution in [1.29, 1.82) is 0 Å². The number of amides is 1. The van der Waals surface area contributed by atoms with Crippen LogP contribution in [0.3, 0.4) is 0 Å². The molecule has 1 aliphatic heterocycles. The molecule has 1 heterocycles. The molecule has 0 unspecified atom stereocenters. The van der Waals surface area contributed by atoms with Gasteiger partial charge in [-0.25, -0.2) is 0 Å². The van der Waals surface area contributed by atoms with Crippen molar-refractivity contribution >= 4 is 29.0 Å². The Labute approximate surface area is 118 Å². The molecule has 104 valence electrons. The Morgan fingerprint density at radius 3 is 3.16 bits per heavy atom. The highest BCUT2D eigenvalue weighted by Crippen LogP contribution is 2.35. The molecule has 5 heteroatoms. The molecule has 1 aliphatic rings. The van der Waals surface area contributed by atoms with Gasteiger partial charge in [0.15, 0.2) is 0 Å². The molecule has 0 aromatic heterocycles. The Kier molecular flexibility index (Phi) is 4.96. The van der Waals surface area contributed by atoms with Crippen LogP contribution >= 0.6 is 11.8 Å². The standard InChI is InChI=1S/C14H21N3OS/c1-2-3-6-16-14(18)10-17-7-8-19-13-5-4-11(15)9-12(13)17/h4-5,9H,2-3,6-8,10,15H2,1H3,(H,16,18). The Balaban J connectivity index is 1.99. The van der Waals surface area contributed by atoms with Gasteiger partial charge in [-0.05, 0) is 24.6 Å². The molecule has 0 radical (unpaired) electrons. The van der Waals surface area contributed by atoms with Gasteiger partial charge in [0.25, 0.3) is 0 Å². The molecule has 1 aromatic carbocycles. The van der Waals surface area contributed by atoms with Gasteiger partial charge in [-0.2, -0.15) is 0 Å². The normalized spacial score (nSPS) is 14.1. The molecule has 1 aromatic rings. The van der Waals surface area contributed by atoms with Crippen LogP contribution in [0.5, 0.6) is 0 Å². The second-order valence-corrected chi connectivity index (χ2v) is 5.84. The van der Waals surface area contributed by atoms with E-state index in [-0.39, 0.29) is 5.91 Å². The first-order valence-corrected chi connectivity index (χ1v) is 7.73. The van der Waals surface area contributed by atoms with Crippen molar-refractivity contribution < 1.29 is 4.79 Å². The Morgan fingerprint density at radius 1 is 1.53 bits per heavy atom. The summed E-state index contributed by atoms with van der Waals surface area (Å²) in [6.45, 7) is 4.19. The lowest BCUT2D eigenvalue weighted by molar-refractivity contribution is -0.119. The summed E-state index contributed by atoms with van der Waals surface area (Å²) >= 11 is 1.82. The van der Waals surface area contributed by atoms with Crippen LogP contribution in [0.1, 0.15) is 19.8 Å². The lowest BCUT2D eigenvalue weighted by atomic mass is 10.2. The van der Waals surface area contributed by atoms with Gasteiger partial charge < -0.3 is 16.0 Å². The van der Waals surface area contributed by atoms with Crippen LogP contribution in [0.15, 0.2) is 23.1 Å². The van der Waals surface area contributed by atoms with Gasteiger partial charge in [0.2, 0.25) is 5.91 Å². The molecule has 2 rings (SSSR count). The molecule has 0 spiro atoms. The number of nitrogen functional groups attached to an aromatic ring is 1. The predicted octanol–water partition coefficient (Wildman–Crippen LogP) is 2.10. The fourth-order valence-electron chi connectivity index (χ4n) is 2.09. The van der Waals surface area contributed by atoms with Gasteiger partial charge in [0.05, 0.1) is 12.2 Å². The minimum absolute atomic E-state index is 0.0914. The van der Waals surface area contributed by atoms with E-state index in [1.54, 1.807) is 0 Å². The highest BCUT2D eigenvalue weighted by Gasteiger charge is 2.19. The largest absolute Gasteiger partial charge is 0.399 e. The monoisotopic (exact) mass is 279 g/mol. The molecule has 4 nitrogen and oxygen atoms in total. The summed E-state index contributed by atoms with van der Waals surface area (Å²) < 4.78 is 0. The average molecular weight is 279 g/mol. The molecule has 0 atom stereocenters. The van der Waals surface area contributed by atoms with Crippen molar-refractivity contribution in [3.63, 3.8) is 0 Å². The minimum atomic E-state index is 0.0914. The zero-order chi connectivity index (χ0) is 13.7. The SMILES string of the molecule is CCCCNC(=O)CN1CCSc2ccc(N)cc21. The summed E-state index contributed by atoms with van der Waals surface area (Å²) in [6, 6.07) is 5.91. The van der Waals surface area contributed by atoms with E-state index >= 15 is 0 Å². The maximum absolute atomic E-state index is 11.9. The molecule has 0 aliphatic carbocycles. The highest BCUT2D eigenvalue weighted by atomic mass is 32.2. The Morgan fingerprint density at radius 2 is 2.37 bits per heavy atom. The maximum atomic E-state index is 11.9. The Bertz CT molecular complexity index is 450. The smallest absolute Gasteiger partial charge is 0.239 e. The highest BCUT2D eigenvalue weighted by molar-refractivity contribution is 7.99. The van der Waals surface area contributed by atoms with Gasteiger partial charge in [0, 0.05) is 29.4 Å². The van der Waals surface area contributed by atoms with Gasteiger partial charge in [-0.1, -0.05) is 13.3 Å². The lowest BCUT2D eigenvalue weighted by Gasteiger charge is -2.30. The summed E-state index contributed by atoms with van der Waals surface area (Å²) in [4.78, 5) is 15.2. The summed E-state index contributed by atoms with van der Waals surface area (Å²) in [7, 11) is 0. The van der Waals surface area contributed by atoms with Gasteiger partial charge in [0.1, 0.15) is 0 Å². The minimum Gasteiger partial charge on any atom is -0.399 e. The number of fused-ring (bicyclic) bond motifs is 1. The van der Waals surface area contributed by atoms with Crippen molar-refractivity contribution in [1.82, 2.24) is 5.32 Å². The second kappa shape index (κ2) is 6.70. The average Bonchev–Trinajstić information content (AvgIpc) is 2.40. The van der Waals surface area contributed by atoms with E-state index < -0.39 is 0 Å². The number of nitrogens with zero attached hydrogens (tertiary/aromatic N) is 1. The zero-order valence-corrected chi connectivity index (χ0v) is 12.1. The molecule has 1 amide bonds. The first kappa shape index (κ1) is 14.1. The van der Waals surface area contributed by atoms with E-state index in [0.29, 0.717) is 6.54 Å². The third-order valence-corrected chi connectivity index (χ3v) is 4.17. The predicted molar refractivity (Wildman–Crippen MR) is 81.7 cm³/mol. The maximum Gasteiger partial charge on any atom is 0.239 e. The van der Waals surface area contributed by atoms with Crippen molar-refractivity contribution in [2.45, 2.75) is 24.7 Å². The van der Waals surface area contributed by atoms with Crippen LogP contribution in [-0.2, 0) is 4.79 Å². The quantitative estimate of drug-likeness (QED) is 0.640. The van der Waals surface area contributed by atoms with Crippen molar-refractivity contribution in [2.24, 2.45) is 0 Å². The molecular formula is C14H21N3OS. The number of nitrogens with one attached hydrogen (secondary N) is 1. The number of nitrogens with two attached hydrogens (primary N) is 1. The third kappa shape index (κ3) is 3.80. The van der Waals surface area contributed by atoms with E-state index in [1.807, 2.05) is 30.0 Å². The zero-order valence-electron chi connectivity index (χ0n) is 11.3. The van der Waals surface area contributed by atoms with Crippen LogP contribution in [0.25, 0.3) is 0 Å². The molecule has 3 N–H and O–H groups in total. The molecule has 0 saturated carbocycles. The van der Waals surface area contributed by atoms with Gasteiger partial charge >= 0.3 is 0 Å². The van der Waals surface area contributed by atoms with Gasteiger partial charge in [-0.3, -0.25) is 4.79 Å². The first-order valence-electron chi connectivity index (χ1n) is 6.74. The number of carbonyl (C=O) groups excluding carboxylic acids is 1. The molecule has 0 saturated heterocycles. The van der Waals surface area contributed by atoms with Crippen LogP contribution in [-0.4, -0.2) is 31.3 Å². The molecule has 0 bridgehead atoms. The van der Waals surface area contributed by atoms with Crippen LogP contribution < -0.4 is 16.0 Å². The Hall–Kier alpha value is -1.36. The van der Waals surface area contributed by atoms with E-state index in [2.05, 4.69) is 17.1 Å². The topological polar surface area (TPSA) is 58.4 Å². The number of unbranched alkanes of at least 4 members (excludes halogenated alkanes) is 1. The third-order valence-electron chi connectivity index (χ3n) is 3.13. The first-order chi connectivity index (χ1) is 9.20. The number of rotatable bonds is 5. The fraction of sp³-hybridized carbons (Fsp3) is 0.500. The van der Waals surface area contributed by atoms with E-state index in [4.69, 9.17) is 5.73 Å². The number of hydrogen-bond acceptors (Lipinski definition) is 4. The van der Waals surface area contributed by atoms with Crippen molar-refractivity contribution in [3.05, 3.63) is 18.2 Å². The van der Waals surface area contributed by atoms with E-state index in [0.717, 1.165) is 43.1 Å². The van der Waals surface area contributed by atoms with Crippen molar-refractivity contribution in [3.8, 4) is 0 Å². The fourth-order valence-corrected chi connectivity index (χ4v) is 3.12. The molecular weight excluding hydrogens is 258 g/mol. The second-order valence-electron chi connectivity index (χ2n) is 4.70. The number of thioether (sulfide) groups is 1. The molecule has 0 fully saturated rings. The lowest BCUT2D eigenvalue weighted by Crippen LogP contribution is -2.40. The van der Waals surface area contributed by atoms with Crippen LogP contribution in [0, 0.1) is 0 Å². The summed E-state index contributed by atoms with van der Waals surface area (Å²) in [5.41, 5.74) is 7.67. The van der Waals surface area contributed by atoms with Gasteiger partial charge in [-0.15, -0.1) is 11.8 Å². The summed E-state index contributed by atoms with van der Waals surface area (Å²) in [5, 5.41) is 2.96. The van der Waals surface area contributed by atoms with Crippen molar-refractivity contribution in [2.75, 3.05) is 36.0 Å². The number of anilines is 2. The van der Waals surface area contributed by atoms with Crippen LogP contribution in [0.4, 0.5) is 11.4 Å². The number of hydrogen-bond donors (Lipinski definition) is 2. The van der Waals surface area contributed by atoms with Crippen LogP contribution in [0.2, 0.25) is 0 Å². The van der Waals surface area contributed by atoms with E-state index in [1.165, 1.54) is 4.90 Å². The summed E-state index contributed by atoms with van der Waals surface area (Å²) in [6.07, 6.45) is 2.13. The summed E-state index contributed by atoms with van der Waals surface area (Å²) in [5.74, 6) is 1.10. The number of carbonyl (C=O) groups is 1.